The van der Waals surface area contributed by atoms with Gasteiger partial charge in [0.1, 0.15) is 0 Å². The second-order valence-electron chi connectivity index (χ2n) is 6.42. The average molecular weight is 443 g/mol. The molecule has 0 aliphatic carbocycles. The van der Waals surface area contributed by atoms with Crippen LogP contribution in [0.1, 0.15) is 12.0 Å². The average Bonchev–Trinajstić information content (AvgIpc) is 2.78. The van der Waals surface area contributed by atoms with Gasteiger partial charge in [-0.05, 0) is 42.0 Å². The van der Waals surface area contributed by atoms with E-state index in [-0.39, 0.29) is 0 Å². The van der Waals surface area contributed by atoms with Crippen molar-refractivity contribution in [2.24, 2.45) is 0 Å². The molecule has 0 saturated heterocycles. The first kappa shape index (κ1) is 21.7. The number of benzene rings is 3. The summed E-state index contributed by atoms with van der Waals surface area (Å²) in [5.41, 5.74) is 3.44. The number of sulfone groups is 2. The molecule has 0 fully saturated rings. The largest absolute Gasteiger partial charge is 0.321 e. The maximum Gasteiger partial charge on any atom is 0.321 e. The third-order valence-corrected chi connectivity index (χ3v) is 9.46. The van der Waals surface area contributed by atoms with Gasteiger partial charge in [0.05, 0.1) is 9.79 Å². The molecule has 0 bridgehead atoms. The van der Waals surface area contributed by atoms with Crippen LogP contribution in [0.5, 0.6) is 0 Å². The fraction of sp³-hybridized carbons (Fsp3) is 0.0870. The zero-order valence-corrected chi connectivity index (χ0v) is 17.5. The van der Waals surface area contributed by atoms with Crippen molar-refractivity contribution < 1.29 is 21.2 Å². The molecular formula is C23H19FO4S2. The highest BCUT2D eigenvalue weighted by Gasteiger charge is 2.56. The van der Waals surface area contributed by atoms with Crippen LogP contribution < -0.4 is 0 Å². The molecule has 0 radical (unpaired) electrons. The fourth-order valence-corrected chi connectivity index (χ4v) is 6.87. The number of alkyl halides is 1. The van der Waals surface area contributed by atoms with E-state index in [4.69, 9.17) is 0 Å². The maximum absolute atomic E-state index is 16.2. The molecule has 154 valence electrons. The topological polar surface area (TPSA) is 68.3 Å². The molecule has 3 rings (SSSR count). The molecule has 7 heteroatoms. The fourth-order valence-electron chi connectivity index (χ4n) is 2.80. The first-order chi connectivity index (χ1) is 14.3. The van der Waals surface area contributed by atoms with Crippen molar-refractivity contribution in [3.05, 3.63) is 108 Å². The van der Waals surface area contributed by atoms with Crippen LogP contribution in [0, 0.1) is 0 Å². The molecule has 0 atom stereocenters. The molecule has 0 spiro atoms. The van der Waals surface area contributed by atoms with Gasteiger partial charge >= 0.3 is 4.33 Å². The van der Waals surface area contributed by atoms with Crippen LogP contribution >= 0.6 is 0 Å². The van der Waals surface area contributed by atoms with Crippen LogP contribution in [0.25, 0.3) is 6.08 Å². The highest BCUT2D eigenvalue weighted by Crippen LogP contribution is 2.40. The Bertz CT molecular complexity index is 1190. The number of rotatable bonds is 7. The van der Waals surface area contributed by atoms with Gasteiger partial charge in [0.2, 0.25) is 19.7 Å². The minimum atomic E-state index is -4.89. The number of halogens is 1. The lowest BCUT2D eigenvalue weighted by Crippen LogP contribution is -2.42. The van der Waals surface area contributed by atoms with Gasteiger partial charge in [-0.3, -0.25) is 0 Å². The summed E-state index contributed by atoms with van der Waals surface area (Å²) in [4.78, 5) is -0.820. The first-order valence-electron chi connectivity index (χ1n) is 9.03. The van der Waals surface area contributed by atoms with Gasteiger partial charge < -0.3 is 0 Å². The lowest BCUT2D eigenvalue weighted by Gasteiger charge is -2.24. The SMILES string of the molecule is O=S(=O)(c1ccccc1)C(F)(CC=C=Cc1ccccc1)S(=O)(=O)c1ccccc1. The summed E-state index contributed by atoms with van der Waals surface area (Å²) < 4.78 is 65.1. The molecule has 3 aromatic carbocycles. The lowest BCUT2D eigenvalue weighted by atomic mass is 10.2. The molecule has 4 nitrogen and oxygen atoms in total. The number of hydrogen-bond acceptors (Lipinski definition) is 4. The van der Waals surface area contributed by atoms with Crippen LogP contribution in [0.2, 0.25) is 0 Å². The van der Waals surface area contributed by atoms with E-state index in [1.54, 1.807) is 36.4 Å². The summed E-state index contributed by atoms with van der Waals surface area (Å²) >= 11 is 0. The van der Waals surface area contributed by atoms with Crippen LogP contribution in [0.3, 0.4) is 0 Å². The molecule has 3 aromatic rings. The van der Waals surface area contributed by atoms with Crippen LogP contribution in [0.4, 0.5) is 4.39 Å². The predicted molar refractivity (Wildman–Crippen MR) is 115 cm³/mol. The maximum atomic E-state index is 16.2. The quantitative estimate of drug-likeness (QED) is 0.492. The van der Waals surface area contributed by atoms with Crippen LogP contribution in [-0.2, 0) is 19.7 Å². The third-order valence-electron chi connectivity index (χ3n) is 4.42. The van der Waals surface area contributed by atoms with Gasteiger partial charge in [-0.1, -0.05) is 66.7 Å². The van der Waals surface area contributed by atoms with E-state index in [0.717, 1.165) is 11.6 Å². The van der Waals surface area contributed by atoms with E-state index >= 15 is 4.39 Å². The van der Waals surface area contributed by atoms with Crippen molar-refractivity contribution in [2.45, 2.75) is 20.5 Å². The highest BCUT2D eigenvalue weighted by molar-refractivity contribution is 8.10. The van der Waals surface area contributed by atoms with Crippen molar-refractivity contribution in [2.75, 3.05) is 0 Å². The van der Waals surface area contributed by atoms with E-state index in [1.165, 1.54) is 54.6 Å². The van der Waals surface area contributed by atoms with Crippen LogP contribution in [-0.4, -0.2) is 21.2 Å². The molecule has 0 amide bonds. The molecule has 0 aromatic heterocycles. The Kier molecular flexibility index (Phi) is 6.37. The van der Waals surface area contributed by atoms with Crippen molar-refractivity contribution in [1.29, 1.82) is 0 Å². The Morgan fingerprint density at radius 3 is 1.53 bits per heavy atom. The zero-order chi connectivity index (χ0) is 21.7. The summed E-state index contributed by atoms with van der Waals surface area (Å²) in [6, 6.07) is 22.5. The molecule has 0 aliphatic heterocycles. The molecule has 0 aliphatic rings. The van der Waals surface area contributed by atoms with Gasteiger partial charge in [-0.15, -0.1) is 5.73 Å². The second kappa shape index (κ2) is 8.79. The van der Waals surface area contributed by atoms with E-state index in [2.05, 4.69) is 5.73 Å². The standard InChI is InChI=1S/C23H19FO4S2/c24-23(29(25,26)21-15-6-2-7-16-21,30(27,28)22-17-8-3-9-18-22)19-11-10-14-20-12-4-1-5-13-20/h1-9,11-18H,19H2. The molecule has 30 heavy (non-hydrogen) atoms. The Balaban J connectivity index is 2.11. The van der Waals surface area contributed by atoms with Crippen molar-refractivity contribution in [3.63, 3.8) is 0 Å². The molecule has 0 heterocycles. The summed E-state index contributed by atoms with van der Waals surface area (Å²) in [5.74, 6) is 0. The summed E-state index contributed by atoms with van der Waals surface area (Å²) in [6.45, 7) is 0. The Morgan fingerprint density at radius 2 is 1.10 bits per heavy atom. The van der Waals surface area contributed by atoms with E-state index in [0.29, 0.717) is 0 Å². The molecular weight excluding hydrogens is 423 g/mol. The van der Waals surface area contributed by atoms with Gasteiger partial charge in [0.25, 0.3) is 0 Å². The smallest absolute Gasteiger partial charge is 0.219 e. The Hall–Kier alpha value is -2.99. The number of hydrogen-bond donors (Lipinski definition) is 0. The van der Waals surface area contributed by atoms with Crippen molar-refractivity contribution in [1.82, 2.24) is 0 Å². The van der Waals surface area contributed by atoms with Crippen LogP contribution in [0.15, 0.2) is 113 Å². The van der Waals surface area contributed by atoms with E-state index in [1.807, 2.05) is 6.07 Å². The molecule has 0 unspecified atom stereocenters. The highest BCUT2D eigenvalue weighted by atomic mass is 32.3. The molecule has 0 N–H and O–H groups in total. The number of allylic oxidation sites excluding steroid dienone is 1. The van der Waals surface area contributed by atoms with Gasteiger partial charge in [0.15, 0.2) is 0 Å². The Labute approximate surface area is 175 Å². The van der Waals surface area contributed by atoms with Gasteiger partial charge in [0, 0.05) is 6.42 Å². The summed E-state index contributed by atoms with van der Waals surface area (Å²) in [5, 5.41) is 0. The second-order valence-corrected chi connectivity index (χ2v) is 10.9. The van der Waals surface area contributed by atoms with Gasteiger partial charge in [-0.25, -0.2) is 21.2 Å². The van der Waals surface area contributed by atoms with Gasteiger partial charge in [-0.2, -0.15) is 0 Å². The Morgan fingerprint density at radius 1 is 0.700 bits per heavy atom. The monoisotopic (exact) mass is 442 g/mol. The van der Waals surface area contributed by atoms with Crippen molar-refractivity contribution >= 4 is 25.8 Å². The van der Waals surface area contributed by atoms with E-state index < -0.39 is 40.2 Å². The van der Waals surface area contributed by atoms with Crippen molar-refractivity contribution in [3.8, 4) is 0 Å². The van der Waals surface area contributed by atoms with E-state index in [9.17, 15) is 16.8 Å². The zero-order valence-electron chi connectivity index (χ0n) is 15.8. The lowest BCUT2D eigenvalue weighted by molar-refractivity contribution is 0.358. The minimum absolute atomic E-state index is 0.410. The predicted octanol–water partition coefficient (Wildman–Crippen LogP) is 4.82. The summed E-state index contributed by atoms with van der Waals surface area (Å²) in [7, 11) is -9.78. The normalized spacial score (nSPS) is 12.0. The third kappa shape index (κ3) is 4.14. The first-order valence-corrected chi connectivity index (χ1v) is 12.0. The summed E-state index contributed by atoms with van der Waals surface area (Å²) in [6.07, 6.45) is 1.70. The minimum Gasteiger partial charge on any atom is -0.219 e. The molecule has 0 saturated carbocycles.